The van der Waals surface area contributed by atoms with Gasteiger partial charge in [0.2, 0.25) is 0 Å². The highest BCUT2D eigenvalue weighted by molar-refractivity contribution is 7.91. The van der Waals surface area contributed by atoms with Crippen molar-refractivity contribution in [3.8, 4) is 0 Å². The van der Waals surface area contributed by atoms with E-state index in [1.165, 1.54) is 11.3 Å². The van der Waals surface area contributed by atoms with Gasteiger partial charge >= 0.3 is 0 Å². The lowest BCUT2D eigenvalue weighted by Crippen LogP contribution is -2.36. The van der Waals surface area contributed by atoms with Gasteiger partial charge in [0.25, 0.3) is 0 Å². The lowest BCUT2D eigenvalue weighted by molar-refractivity contribution is 0.123. The Morgan fingerprint density at radius 2 is 2.12 bits per heavy atom. The van der Waals surface area contributed by atoms with Gasteiger partial charge in [-0.1, -0.05) is 18.5 Å². The SMILES string of the molecule is CCS(=O)(=O)c1ccc(N2CCOCC2)c(NCc2cnc(Cl)s2)c1. The number of hydrogen-bond acceptors (Lipinski definition) is 7. The first-order valence-electron chi connectivity index (χ1n) is 8.03. The number of ether oxygens (including phenoxy) is 1. The maximum Gasteiger partial charge on any atom is 0.183 e. The van der Waals surface area contributed by atoms with Gasteiger partial charge in [0.1, 0.15) is 0 Å². The molecule has 1 aliphatic heterocycles. The Morgan fingerprint density at radius 1 is 1.36 bits per heavy atom. The van der Waals surface area contributed by atoms with E-state index in [0.717, 1.165) is 29.3 Å². The zero-order valence-electron chi connectivity index (χ0n) is 13.9. The van der Waals surface area contributed by atoms with Crippen molar-refractivity contribution in [2.45, 2.75) is 18.4 Å². The standard InChI is InChI=1S/C16H20ClN3O3S2/c1-2-25(21,22)13-3-4-15(20-5-7-23-8-6-20)14(9-13)18-10-12-11-19-16(17)24-12/h3-4,9,11,18H,2,5-8,10H2,1H3. The van der Waals surface area contributed by atoms with Crippen LogP contribution in [0.5, 0.6) is 0 Å². The fraction of sp³-hybridized carbons (Fsp3) is 0.438. The molecule has 1 aromatic carbocycles. The van der Waals surface area contributed by atoms with Crippen molar-refractivity contribution in [3.05, 3.63) is 33.7 Å². The molecule has 6 nitrogen and oxygen atoms in total. The molecule has 0 amide bonds. The maximum atomic E-state index is 12.2. The zero-order valence-corrected chi connectivity index (χ0v) is 16.3. The maximum absolute atomic E-state index is 12.2. The zero-order chi connectivity index (χ0) is 17.9. The predicted octanol–water partition coefficient (Wildman–Crippen LogP) is 3.04. The summed E-state index contributed by atoms with van der Waals surface area (Å²) in [4.78, 5) is 7.55. The second-order valence-electron chi connectivity index (χ2n) is 5.61. The number of aromatic nitrogens is 1. The summed E-state index contributed by atoms with van der Waals surface area (Å²) in [6.45, 7) is 5.08. The molecule has 25 heavy (non-hydrogen) atoms. The molecule has 3 rings (SSSR count). The molecule has 9 heteroatoms. The van der Waals surface area contributed by atoms with E-state index in [9.17, 15) is 8.42 Å². The number of halogens is 1. The third kappa shape index (κ3) is 4.44. The lowest BCUT2D eigenvalue weighted by atomic mass is 10.2. The number of nitrogens with one attached hydrogen (secondary N) is 1. The molecule has 0 spiro atoms. The van der Waals surface area contributed by atoms with Crippen LogP contribution >= 0.6 is 22.9 Å². The minimum Gasteiger partial charge on any atom is -0.378 e. The monoisotopic (exact) mass is 401 g/mol. The molecule has 0 saturated carbocycles. The minimum atomic E-state index is -3.26. The summed E-state index contributed by atoms with van der Waals surface area (Å²) in [5.41, 5.74) is 1.77. The number of thiazole rings is 1. The second kappa shape index (κ2) is 7.90. The van der Waals surface area contributed by atoms with Crippen LogP contribution in [0.25, 0.3) is 0 Å². The molecule has 1 fully saturated rings. The van der Waals surface area contributed by atoms with Crippen LogP contribution in [0, 0.1) is 0 Å². The van der Waals surface area contributed by atoms with Gasteiger partial charge in [-0.25, -0.2) is 13.4 Å². The number of anilines is 2. The van der Waals surface area contributed by atoms with Gasteiger partial charge in [0.05, 0.1) is 41.8 Å². The molecule has 0 atom stereocenters. The van der Waals surface area contributed by atoms with Gasteiger partial charge in [-0.2, -0.15) is 0 Å². The van der Waals surface area contributed by atoms with Gasteiger partial charge in [0.15, 0.2) is 14.3 Å². The number of morpholine rings is 1. The van der Waals surface area contributed by atoms with Crippen molar-refractivity contribution < 1.29 is 13.2 Å². The first-order chi connectivity index (χ1) is 12.0. The van der Waals surface area contributed by atoms with Crippen LogP contribution < -0.4 is 10.2 Å². The van der Waals surface area contributed by atoms with Gasteiger partial charge in [-0.05, 0) is 18.2 Å². The van der Waals surface area contributed by atoms with E-state index in [-0.39, 0.29) is 5.75 Å². The highest BCUT2D eigenvalue weighted by atomic mass is 35.5. The summed E-state index contributed by atoms with van der Waals surface area (Å²) in [7, 11) is -3.26. The van der Waals surface area contributed by atoms with Crippen LogP contribution in [-0.2, 0) is 21.1 Å². The highest BCUT2D eigenvalue weighted by Crippen LogP contribution is 2.31. The lowest BCUT2D eigenvalue weighted by Gasteiger charge is -2.31. The van der Waals surface area contributed by atoms with Crippen molar-refractivity contribution in [2.24, 2.45) is 0 Å². The molecular formula is C16H20ClN3O3S2. The average Bonchev–Trinajstić information content (AvgIpc) is 3.06. The number of rotatable bonds is 6. The predicted molar refractivity (Wildman–Crippen MR) is 102 cm³/mol. The summed E-state index contributed by atoms with van der Waals surface area (Å²) < 4.78 is 30.4. The fourth-order valence-electron chi connectivity index (χ4n) is 2.64. The van der Waals surface area contributed by atoms with Crippen LogP contribution in [0.3, 0.4) is 0 Å². The van der Waals surface area contributed by atoms with Gasteiger partial charge in [-0.3, -0.25) is 0 Å². The molecule has 1 N–H and O–H groups in total. The number of benzene rings is 1. The van der Waals surface area contributed by atoms with Gasteiger partial charge in [-0.15, -0.1) is 11.3 Å². The molecule has 2 aromatic rings. The molecular weight excluding hydrogens is 382 g/mol. The number of nitrogens with zero attached hydrogens (tertiary/aromatic N) is 2. The van der Waals surface area contributed by atoms with Crippen LogP contribution in [0.4, 0.5) is 11.4 Å². The van der Waals surface area contributed by atoms with Gasteiger partial charge < -0.3 is 15.0 Å². The van der Waals surface area contributed by atoms with E-state index >= 15 is 0 Å². The Bertz CT molecular complexity index is 833. The van der Waals surface area contributed by atoms with Crippen molar-refractivity contribution in [1.29, 1.82) is 0 Å². The minimum absolute atomic E-state index is 0.0772. The summed E-state index contributed by atoms with van der Waals surface area (Å²) in [6, 6.07) is 5.26. The van der Waals surface area contributed by atoms with E-state index in [1.54, 1.807) is 25.3 Å². The Labute approximate surface area is 156 Å². The van der Waals surface area contributed by atoms with Crippen LogP contribution in [0.2, 0.25) is 4.47 Å². The molecule has 2 heterocycles. The highest BCUT2D eigenvalue weighted by Gasteiger charge is 2.19. The molecule has 1 aromatic heterocycles. The van der Waals surface area contributed by atoms with E-state index in [0.29, 0.717) is 29.1 Å². The molecule has 0 bridgehead atoms. The summed E-state index contributed by atoms with van der Waals surface area (Å²) >= 11 is 7.28. The molecule has 1 aliphatic rings. The van der Waals surface area contributed by atoms with E-state index in [2.05, 4.69) is 15.2 Å². The molecule has 1 saturated heterocycles. The van der Waals surface area contributed by atoms with Crippen LogP contribution in [-0.4, -0.2) is 45.5 Å². The van der Waals surface area contributed by atoms with Crippen molar-refractivity contribution >= 4 is 44.1 Å². The van der Waals surface area contributed by atoms with Crippen molar-refractivity contribution in [1.82, 2.24) is 4.98 Å². The van der Waals surface area contributed by atoms with Crippen molar-refractivity contribution in [3.63, 3.8) is 0 Å². The van der Waals surface area contributed by atoms with E-state index in [1.807, 2.05) is 6.07 Å². The van der Waals surface area contributed by atoms with Crippen LogP contribution in [0.15, 0.2) is 29.3 Å². The Hall–Kier alpha value is -1.35. The smallest absolute Gasteiger partial charge is 0.183 e. The Morgan fingerprint density at radius 3 is 2.76 bits per heavy atom. The van der Waals surface area contributed by atoms with Crippen LogP contribution in [0.1, 0.15) is 11.8 Å². The Kier molecular flexibility index (Phi) is 5.83. The molecule has 0 radical (unpaired) electrons. The first-order valence-corrected chi connectivity index (χ1v) is 10.9. The van der Waals surface area contributed by atoms with Gasteiger partial charge in [0, 0.05) is 24.2 Å². The number of hydrogen-bond donors (Lipinski definition) is 1. The normalized spacial score (nSPS) is 15.4. The topological polar surface area (TPSA) is 71.5 Å². The van der Waals surface area contributed by atoms with E-state index < -0.39 is 9.84 Å². The average molecular weight is 402 g/mol. The third-order valence-electron chi connectivity index (χ3n) is 4.04. The summed E-state index contributed by atoms with van der Waals surface area (Å²) in [5, 5.41) is 3.34. The fourth-order valence-corrected chi connectivity index (χ4v) is 4.47. The quantitative estimate of drug-likeness (QED) is 0.802. The Balaban J connectivity index is 1.90. The van der Waals surface area contributed by atoms with E-state index in [4.69, 9.17) is 16.3 Å². The summed E-state index contributed by atoms with van der Waals surface area (Å²) in [5.74, 6) is 0.0772. The molecule has 0 unspecified atom stereocenters. The summed E-state index contributed by atoms with van der Waals surface area (Å²) in [6.07, 6.45) is 1.72. The third-order valence-corrected chi connectivity index (χ3v) is 6.88. The molecule has 136 valence electrons. The second-order valence-corrected chi connectivity index (χ2v) is 9.59. The largest absolute Gasteiger partial charge is 0.378 e. The number of sulfone groups is 1. The first kappa shape index (κ1) is 18.4. The van der Waals surface area contributed by atoms with Crippen molar-refractivity contribution in [2.75, 3.05) is 42.3 Å². The molecule has 0 aliphatic carbocycles.